The zero-order chi connectivity index (χ0) is 12.1. The van der Waals surface area contributed by atoms with Gasteiger partial charge in [0.1, 0.15) is 5.71 Å². The Morgan fingerprint density at radius 2 is 2.06 bits per heavy atom. The van der Waals surface area contributed by atoms with E-state index in [2.05, 4.69) is 11.5 Å². The zero-order valence-corrected chi connectivity index (χ0v) is 11.8. The molecule has 1 unspecified atom stereocenters. The third-order valence-corrected chi connectivity index (χ3v) is 6.39. The molecule has 0 aromatic rings. The van der Waals surface area contributed by atoms with Crippen molar-refractivity contribution in [3.05, 3.63) is 0 Å². The fourth-order valence-electron chi connectivity index (χ4n) is 5.58. The highest BCUT2D eigenvalue weighted by molar-refractivity contribution is 5.77. The van der Waals surface area contributed by atoms with Gasteiger partial charge in [0.15, 0.2) is 12.6 Å². The quantitative estimate of drug-likeness (QED) is 0.614. The Morgan fingerprint density at radius 1 is 1.11 bits per heavy atom. The van der Waals surface area contributed by atoms with Crippen molar-refractivity contribution in [3.8, 4) is 0 Å². The Labute approximate surface area is 111 Å². The lowest BCUT2D eigenvalue weighted by Crippen LogP contribution is -3.19. The summed E-state index contributed by atoms with van der Waals surface area (Å²) in [6, 6.07) is 1.94. The molecule has 3 fully saturated rings. The molecule has 0 radical (unpaired) electrons. The van der Waals surface area contributed by atoms with Crippen molar-refractivity contribution in [3.63, 3.8) is 0 Å². The molecule has 2 heteroatoms. The van der Waals surface area contributed by atoms with Gasteiger partial charge in [-0.05, 0) is 25.7 Å². The molecule has 2 bridgehead atoms. The lowest BCUT2D eigenvalue weighted by molar-refractivity contribution is -0.951. The van der Waals surface area contributed by atoms with Crippen molar-refractivity contribution in [2.75, 3.05) is 19.6 Å². The largest absolute Gasteiger partial charge is 0.332 e. The van der Waals surface area contributed by atoms with Gasteiger partial charge in [0.25, 0.3) is 0 Å². The summed E-state index contributed by atoms with van der Waals surface area (Å²) in [5, 5.41) is 0. The molecule has 0 amide bonds. The number of quaternary nitrogens is 1. The first-order valence-corrected chi connectivity index (χ1v) is 8.26. The number of nitrogens with zero attached hydrogens (tertiary/aromatic N) is 1. The van der Waals surface area contributed by atoms with E-state index in [1.54, 1.807) is 12.1 Å². The minimum absolute atomic E-state index is 0.922. The Hall–Kier alpha value is -0.370. The Morgan fingerprint density at radius 3 is 3.00 bits per heavy atom. The van der Waals surface area contributed by atoms with Gasteiger partial charge < -0.3 is 4.90 Å². The second-order valence-electron chi connectivity index (χ2n) is 7.32. The van der Waals surface area contributed by atoms with Gasteiger partial charge in [-0.1, -0.05) is 0 Å². The molecule has 100 valence electrons. The lowest BCUT2D eigenvalue weighted by Gasteiger charge is -2.48. The number of nitrogens with one attached hydrogen (secondary N) is 1. The first kappa shape index (κ1) is 11.5. The van der Waals surface area contributed by atoms with Crippen molar-refractivity contribution >= 4 is 5.71 Å². The van der Waals surface area contributed by atoms with Gasteiger partial charge in [-0.25, -0.2) is 4.58 Å². The van der Waals surface area contributed by atoms with E-state index in [1.165, 1.54) is 58.2 Å². The van der Waals surface area contributed by atoms with Gasteiger partial charge in [-0.3, -0.25) is 0 Å². The topological polar surface area (TPSA) is 7.45 Å². The van der Waals surface area contributed by atoms with Gasteiger partial charge in [0.2, 0.25) is 0 Å². The zero-order valence-electron chi connectivity index (χ0n) is 11.8. The number of piperidine rings is 3. The molecule has 2 nitrogen and oxygen atoms in total. The predicted octanol–water partition coefficient (Wildman–Crippen LogP) is 1.10. The van der Waals surface area contributed by atoms with Crippen LogP contribution in [0.25, 0.3) is 0 Å². The molecule has 4 aliphatic rings. The van der Waals surface area contributed by atoms with E-state index in [-0.39, 0.29) is 0 Å². The minimum Gasteiger partial charge on any atom is -0.332 e. The van der Waals surface area contributed by atoms with E-state index in [1.807, 2.05) is 4.90 Å². The van der Waals surface area contributed by atoms with Crippen molar-refractivity contribution in [1.82, 2.24) is 0 Å². The molecular formula is C16H28N2+2. The molecular weight excluding hydrogens is 220 g/mol. The minimum atomic E-state index is 0.922. The maximum atomic E-state index is 2.84. The van der Waals surface area contributed by atoms with Crippen LogP contribution in [0.15, 0.2) is 0 Å². The second kappa shape index (κ2) is 4.33. The fraction of sp³-hybridized carbons (Fsp3) is 0.938. The maximum absolute atomic E-state index is 2.84. The summed E-state index contributed by atoms with van der Waals surface area (Å²) in [5.74, 6) is 2.03. The van der Waals surface area contributed by atoms with Gasteiger partial charge in [-0.15, -0.1) is 0 Å². The SMILES string of the molecule is CC1=[N+]2C[C@@H]3C[C@@H](C[NH+]4CCCC[C@@H]34)[C@H]2CCC1. The first-order valence-electron chi connectivity index (χ1n) is 8.26. The number of rotatable bonds is 0. The van der Waals surface area contributed by atoms with Gasteiger partial charge in [0.05, 0.1) is 31.0 Å². The van der Waals surface area contributed by atoms with Crippen LogP contribution in [-0.2, 0) is 0 Å². The summed E-state index contributed by atoms with van der Waals surface area (Å²) in [6.45, 7) is 6.78. The summed E-state index contributed by atoms with van der Waals surface area (Å²) in [7, 11) is 0. The van der Waals surface area contributed by atoms with Crippen LogP contribution in [-0.4, -0.2) is 42.0 Å². The van der Waals surface area contributed by atoms with E-state index in [9.17, 15) is 0 Å². The van der Waals surface area contributed by atoms with E-state index < -0.39 is 0 Å². The second-order valence-corrected chi connectivity index (χ2v) is 7.32. The highest BCUT2D eigenvalue weighted by Gasteiger charge is 2.52. The lowest BCUT2D eigenvalue weighted by atomic mass is 9.71. The van der Waals surface area contributed by atoms with Crippen LogP contribution in [0, 0.1) is 11.8 Å². The number of hydrogen-bond acceptors (Lipinski definition) is 0. The molecule has 0 spiro atoms. The normalized spacial score (nSPS) is 47.5. The van der Waals surface area contributed by atoms with Crippen molar-refractivity contribution in [1.29, 1.82) is 0 Å². The molecule has 0 aromatic heterocycles. The summed E-state index contributed by atoms with van der Waals surface area (Å²) in [5.41, 5.74) is 1.71. The Kier molecular flexibility index (Phi) is 2.76. The number of fused-ring (bicyclic) bond motifs is 6. The van der Waals surface area contributed by atoms with Gasteiger partial charge in [0, 0.05) is 26.2 Å². The van der Waals surface area contributed by atoms with Crippen LogP contribution in [0.2, 0.25) is 0 Å². The molecule has 4 heterocycles. The van der Waals surface area contributed by atoms with Crippen LogP contribution in [0.4, 0.5) is 0 Å². The highest BCUT2D eigenvalue weighted by Crippen LogP contribution is 2.35. The Bertz CT molecular complexity index is 373. The van der Waals surface area contributed by atoms with Crippen molar-refractivity contribution in [2.24, 2.45) is 11.8 Å². The van der Waals surface area contributed by atoms with Crippen LogP contribution < -0.4 is 4.90 Å². The molecule has 4 rings (SSSR count). The van der Waals surface area contributed by atoms with Crippen LogP contribution >= 0.6 is 0 Å². The Balaban J connectivity index is 1.65. The van der Waals surface area contributed by atoms with E-state index in [0.717, 1.165) is 23.9 Å². The molecule has 3 saturated heterocycles. The highest BCUT2D eigenvalue weighted by atomic mass is 15.2. The molecule has 5 atom stereocenters. The summed E-state index contributed by atoms with van der Waals surface area (Å²) >= 11 is 0. The third-order valence-electron chi connectivity index (χ3n) is 6.39. The first-order chi connectivity index (χ1) is 8.83. The monoisotopic (exact) mass is 248 g/mol. The fourth-order valence-corrected chi connectivity index (χ4v) is 5.58. The molecule has 18 heavy (non-hydrogen) atoms. The van der Waals surface area contributed by atoms with Gasteiger partial charge in [-0.2, -0.15) is 0 Å². The van der Waals surface area contributed by atoms with E-state index in [0.29, 0.717) is 0 Å². The van der Waals surface area contributed by atoms with Gasteiger partial charge >= 0.3 is 0 Å². The molecule has 0 aromatic carbocycles. The standard InChI is InChI=1S/C16H27N2/c1-12-5-4-7-16-13-9-14(11-18(12)16)15-6-2-3-8-17(15)10-13/h13-16H,2-11H2,1H3/q+1/p+1/t13-,14-,15-,16+/m0/s1. The summed E-state index contributed by atoms with van der Waals surface area (Å²) in [4.78, 5) is 1.99. The average molecular weight is 248 g/mol. The van der Waals surface area contributed by atoms with Crippen LogP contribution in [0.1, 0.15) is 51.9 Å². The molecule has 4 aliphatic heterocycles. The van der Waals surface area contributed by atoms with Crippen molar-refractivity contribution < 1.29 is 9.48 Å². The van der Waals surface area contributed by atoms with Crippen LogP contribution in [0.5, 0.6) is 0 Å². The predicted molar refractivity (Wildman–Crippen MR) is 73.4 cm³/mol. The average Bonchev–Trinajstić information content (AvgIpc) is 2.40. The summed E-state index contributed by atoms with van der Waals surface area (Å²) in [6.07, 6.45) is 10.4. The van der Waals surface area contributed by atoms with Crippen molar-refractivity contribution in [2.45, 2.75) is 64.0 Å². The molecule has 0 aliphatic carbocycles. The third kappa shape index (κ3) is 1.68. The van der Waals surface area contributed by atoms with E-state index >= 15 is 0 Å². The maximum Gasteiger partial charge on any atom is 0.160 e. The van der Waals surface area contributed by atoms with Crippen LogP contribution in [0.3, 0.4) is 0 Å². The molecule has 0 saturated carbocycles. The molecule has 1 N–H and O–H groups in total. The smallest absolute Gasteiger partial charge is 0.160 e. The summed E-state index contributed by atoms with van der Waals surface area (Å²) < 4.78 is 2.84. The van der Waals surface area contributed by atoms with E-state index in [4.69, 9.17) is 0 Å². The number of hydrogen-bond donors (Lipinski definition) is 1.